The van der Waals surface area contributed by atoms with Crippen molar-refractivity contribution in [2.75, 3.05) is 5.32 Å². The van der Waals surface area contributed by atoms with Crippen LogP contribution < -0.4 is 10.9 Å². The number of hydrogen-bond donors (Lipinski definition) is 1. The zero-order valence-electron chi connectivity index (χ0n) is 11.4. The second-order valence-corrected chi connectivity index (χ2v) is 5.20. The van der Waals surface area contributed by atoms with E-state index in [0.29, 0.717) is 11.9 Å². The van der Waals surface area contributed by atoms with Crippen molar-refractivity contribution in [1.82, 2.24) is 9.55 Å². The van der Waals surface area contributed by atoms with E-state index < -0.39 is 0 Å². The van der Waals surface area contributed by atoms with Gasteiger partial charge in [-0.25, -0.2) is 4.98 Å². The lowest BCUT2D eigenvalue weighted by Crippen LogP contribution is -2.29. The van der Waals surface area contributed by atoms with Gasteiger partial charge in [0.15, 0.2) is 5.82 Å². The second-order valence-electron chi connectivity index (χ2n) is 5.20. The Kier molecular flexibility index (Phi) is 4.39. The van der Waals surface area contributed by atoms with Gasteiger partial charge < -0.3 is 9.88 Å². The van der Waals surface area contributed by atoms with Crippen LogP contribution in [-0.4, -0.2) is 15.6 Å². The quantitative estimate of drug-likeness (QED) is 0.808. The Morgan fingerprint density at radius 1 is 1.50 bits per heavy atom. The summed E-state index contributed by atoms with van der Waals surface area (Å²) >= 11 is 0. The van der Waals surface area contributed by atoms with Crippen molar-refractivity contribution < 1.29 is 0 Å². The van der Waals surface area contributed by atoms with E-state index in [1.54, 1.807) is 17.0 Å². The van der Waals surface area contributed by atoms with Crippen LogP contribution in [0.2, 0.25) is 0 Å². The van der Waals surface area contributed by atoms with Gasteiger partial charge in [-0.3, -0.25) is 4.79 Å². The summed E-state index contributed by atoms with van der Waals surface area (Å²) in [6.07, 6.45) is 9.34. The molecule has 0 spiro atoms. The van der Waals surface area contributed by atoms with E-state index in [-0.39, 0.29) is 5.56 Å². The summed E-state index contributed by atoms with van der Waals surface area (Å²) in [5.41, 5.74) is 0.00796. The average molecular weight is 249 g/mol. The summed E-state index contributed by atoms with van der Waals surface area (Å²) in [6, 6.07) is 0.384. The van der Waals surface area contributed by atoms with Crippen molar-refractivity contribution in [2.24, 2.45) is 5.92 Å². The van der Waals surface area contributed by atoms with Gasteiger partial charge in [0.1, 0.15) is 0 Å². The molecule has 100 valence electrons. The van der Waals surface area contributed by atoms with Crippen LogP contribution in [0.4, 0.5) is 5.82 Å². The first-order valence-electron chi connectivity index (χ1n) is 7.06. The van der Waals surface area contributed by atoms with Gasteiger partial charge >= 0.3 is 0 Å². The first kappa shape index (κ1) is 13.1. The number of hydrogen-bond acceptors (Lipinski definition) is 3. The van der Waals surface area contributed by atoms with Crippen molar-refractivity contribution in [1.29, 1.82) is 0 Å². The van der Waals surface area contributed by atoms with Gasteiger partial charge in [0.2, 0.25) is 0 Å². The van der Waals surface area contributed by atoms with E-state index in [1.165, 1.54) is 19.3 Å². The fourth-order valence-electron chi connectivity index (χ4n) is 2.24. The molecular weight excluding hydrogens is 226 g/mol. The lowest BCUT2D eigenvalue weighted by molar-refractivity contribution is 0.580. The van der Waals surface area contributed by atoms with Gasteiger partial charge in [0.05, 0.1) is 0 Å². The van der Waals surface area contributed by atoms with Gasteiger partial charge in [-0.15, -0.1) is 0 Å². The minimum absolute atomic E-state index is 0.00796. The molecular formula is C14H23N3O. The maximum atomic E-state index is 12.1. The van der Waals surface area contributed by atoms with Gasteiger partial charge in [-0.05, 0) is 25.2 Å². The lowest BCUT2D eigenvalue weighted by atomic mass is 10.1. The standard InChI is InChI=1S/C14H23N3O/c1-3-8-17-9-7-15-13(14(17)18)16-12(4-2)10-11-5-6-11/h7,9,11-12H,3-6,8,10H2,1-2H3,(H,15,16). The van der Waals surface area contributed by atoms with Crippen LogP contribution in [0.1, 0.15) is 46.0 Å². The van der Waals surface area contributed by atoms with Crippen LogP contribution in [0, 0.1) is 5.92 Å². The molecule has 0 bridgehead atoms. The predicted octanol–water partition coefficient (Wildman–Crippen LogP) is 2.64. The minimum Gasteiger partial charge on any atom is -0.363 e. The van der Waals surface area contributed by atoms with Crippen molar-refractivity contribution >= 4 is 5.82 Å². The fourth-order valence-corrected chi connectivity index (χ4v) is 2.24. The summed E-state index contributed by atoms with van der Waals surface area (Å²) in [4.78, 5) is 16.3. The molecule has 1 atom stereocenters. The third-order valence-electron chi connectivity index (χ3n) is 3.53. The van der Waals surface area contributed by atoms with E-state index >= 15 is 0 Å². The van der Waals surface area contributed by atoms with Crippen LogP contribution in [0.15, 0.2) is 17.2 Å². The molecule has 4 nitrogen and oxygen atoms in total. The average Bonchev–Trinajstić information content (AvgIpc) is 3.17. The molecule has 18 heavy (non-hydrogen) atoms. The van der Waals surface area contributed by atoms with Crippen molar-refractivity contribution in [2.45, 2.75) is 58.5 Å². The normalized spacial score (nSPS) is 16.6. The van der Waals surface area contributed by atoms with Gasteiger partial charge in [0, 0.05) is 25.0 Å². The Morgan fingerprint density at radius 3 is 2.89 bits per heavy atom. The maximum absolute atomic E-state index is 12.1. The second kappa shape index (κ2) is 6.03. The predicted molar refractivity (Wildman–Crippen MR) is 73.8 cm³/mol. The molecule has 0 saturated heterocycles. The molecule has 0 aliphatic heterocycles. The fraction of sp³-hybridized carbons (Fsp3) is 0.714. The Bertz CT molecular complexity index is 437. The van der Waals surface area contributed by atoms with Crippen LogP contribution in [0.25, 0.3) is 0 Å². The third kappa shape index (κ3) is 3.34. The zero-order chi connectivity index (χ0) is 13.0. The van der Waals surface area contributed by atoms with Crippen LogP contribution in [-0.2, 0) is 6.54 Å². The number of rotatable bonds is 7. The Labute approximate surface area is 108 Å². The Hall–Kier alpha value is -1.32. The minimum atomic E-state index is 0.00796. The summed E-state index contributed by atoms with van der Waals surface area (Å²) in [6.45, 7) is 4.99. The summed E-state index contributed by atoms with van der Waals surface area (Å²) in [5.74, 6) is 1.38. The molecule has 1 aliphatic rings. The molecule has 4 heteroatoms. The van der Waals surface area contributed by atoms with Crippen LogP contribution in [0.5, 0.6) is 0 Å². The smallest absolute Gasteiger partial charge is 0.293 e. The molecule has 1 aromatic heterocycles. The Balaban J connectivity index is 2.06. The monoisotopic (exact) mass is 249 g/mol. The molecule has 0 amide bonds. The number of aryl methyl sites for hydroxylation is 1. The topological polar surface area (TPSA) is 46.9 Å². The molecule has 2 rings (SSSR count). The van der Waals surface area contributed by atoms with Gasteiger partial charge in [-0.1, -0.05) is 26.7 Å². The first-order chi connectivity index (χ1) is 8.74. The maximum Gasteiger partial charge on any atom is 0.293 e. The van der Waals surface area contributed by atoms with E-state index in [1.807, 2.05) is 0 Å². The third-order valence-corrected chi connectivity index (χ3v) is 3.53. The van der Waals surface area contributed by atoms with Crippen LogP contribution >= 0.6 is 0 Å². The number of nitrogens with one attached hydrogen (secondary N) is 1. The van der Waals surface area contributed by atoms with E-state index in [2.05, 4.69) is 24.1 Å². The largest absolute Gasteiger partial charge is 0.363 e. The first-order valence-corrected chi connectivity index (χ1v) is 7.06. The Morgan fingerprint density at radius 2 is 2.28 bits per heavy atom. The summed E-state index contributed by atoms with van der Waals surface area (Å²) < 4.78 is 1.74. The number of nitrogens with zero attached hydrogens (tertiary/aromatic N) is 2. The highest BCUT2D eigenvalue weighted by molar-refractivity contribution is 5.32. The van der Waals surface area contributed by atoms with E-state index in [4.69, 9.17) is 0 Å². The van der Waals surface area contributed by atoms with Gasteiger partial charge in [0.25, 0.3) is 5.56 Å². The van der Waals surface area contributed by atoms with E-state index in [0.717, 1.165) is 25.3 Å². The lowest BCUT2D eigenvalue weighted by Gasteiger charge is -2.17. The molecule has 0 radical (unpaired) electrons. The van der Waals surface area contributed by atoms with E-state index in [9.17, 15) is 4.79 Å². The molecule has 1 unspecified atom stereocenters. The molecule has 1 aromatic rings. The highest BCUT2D eigenvalue weighted by atomic mass is 16.1. The molecule has 1 N–H and O–H groups in total. The SMILES string of the molecule is CCCn1ccnc(NC(CC)CC2CC2)c1=O. The van der Waals surface area contributed by atoms with Gasteiger partial charge in [-0.2, -0.15) is 0 Å². The van der Waals surface area contributed by atoms with Crippen molar-refractivity contribution in [3.8, 4) is 0 Å². The highest BCUT2D eigenvalue weighted by Crippen LogP contribution is 2.34. The molecule has 1 aliphatic carbocycles. The van der Waals surface area contributed by atoms with Crippen LogP contribution in [0.3, 0.4) is 0 Å². The number of anilines is 1. The molecule has 1 fully saturated rings. The highest BCUT2D eigenvalue weighted by Gasteiger charge is 2.25. The summed E-state index contributed by atoms with van der Waals surface area (Å²) in [7, 11) is 0. The zero-order valence-corrected chi connectivity index (χ0v) is 11.4. The number of aromatic nitrogens is 2. The molecule has 1 heterocycles. The molecule has 1 saturated carbocycles. The van der Waals surface area contributed by atoms with Crippen molar-refractivity contribution in [3.05, 3.63) is 22.7 Å². The van der Waals surface area contributed by atoms with Crippen molar-refractivity contribution in [3.63, 3.8) is 0 Å². The molecule has 0 aromatic carbocycles. The summed E-state index contributed by atoms with van der Waals surface area (Å²) in [5, 5.41) is 3.32.